The van der Waals surface area contributed by atoms with Gasteiger partial charge in [0, 0.05) is 38.4 Å². The number of H-pyrrole nitrogens is 1. The molecule has 0 saturated carbocycles. The molecular formula is C15H27N5O. The molecular weight excluding hydrogens is 266 g/mol. The summed E-state index contributed by atoms with van der Waals surface area (Å²) in [4.78, 5) is 16.7. The molecule has 0 aliphatic carbocycles. The van der Waals surface area contributed by atoms with E-state index in [1.165, 1.54) is 0 Å². The molecule has 0 atom stereocenters. The van der Waals surface area contributed by atoms with E-state index in [-0.39, 0.29) is 5.91 Å². The smallest absolute Gasteiger partial charge is 0.271 e. The summed E-state index contributed by atoms with van der Waals surface area (Å²) in [5, 5.41) is 9.81. The van der Waals surface area contributed by atoms with Crippen molar-refractivity contribution >= 4 is 5.91 Å². The second-order valence-corrected chi connectivity index (χ2v) is 5.74. The van der Waals surface area contributed by atoms with Crippen molar-refractivity contribution in [3.05, 3.63) is 17.5 Å². The number of carbonyl (C=O) groups excluding carboxylic acids is 1. The van der Waals surface area contributed by atoms with Gasteiger partial charge in [-0.1, -0.05) is 6.92 Å². The molecule has 2 N–H and O–H groups in total. The van der Waals surface area contributed by atoms with E-state index in [0.29, 0.717) is 5.69 Å². The van der Waals surface area contributed by atoms with Crippen molar-refractivity contribution in [1.82, 2.24) is 25.3 Å². The number of piperazine rings is 1. The minimum Gasteiger partial charge on any atom is -0.351 e. The number of amides is 1. The first-order valence-electron chi connectivity index (χ1n) is 7.92. The highest BCUT2D eigenvalue weighted by molar-refractivity contribution is 5.92. The summed E-state index contributed by atoms with van der Waals surface area (Å²) in [5.41, 5.74) is 1.49. The molecule has 0 aromatic carbocycles. The molecule has 0 unspecified atom stereocenters. The lowest BCUT2D eigenvalue weighted by Crippen LogP contribution is -2.44. The standard InChI is InChI=1S/C15H27N5O/c1-3-13-12-14(18-17-13)15(21)16-6-4-5-7-20-10-8-19(2)9-11-20/h12H,3-11H2,1-2H3,(H,16,21)(H,17,18). The molecule has 1 amide bonds. The van der Waals surface area contributed by atoms with E-state index in [1.807, 2.05) is 13.0 Å². The Balaban J connectivity index is 1.56. The lowest BCUT2D eigenvalue weighted by atomic mass is 10.2. The highest BCUT2D eigenvalue weighted by atomic mass is 16.1. The summed E-state index contributed by atoms with van der Waals surface area (Å²) >= 11 is 0. The van der Waals surface area contributed by atoms with Crippen LogP contribution in [0.25, 0.3) is 0 Å². The van der Waals surface area contributed by atoms with Crippen molar-refractivity contribution in [3.63, 3.8) is 0 Å². The molecule has 118 valence electrons. The molecule has 1 aromatic heterocycles. The second kappa shape index (κ2) is 8.14. The van der Waals surface area contributed by atoms with Gasteiger partial charge in [-0.05, 0) is 38.9 Å². The Morgan fingerprint density at radius 2 is 2.10 bits per heavy atom. The van der Waals surface area contributed by atoms with E-state index < -0.39 is 0 Å². The van der Waals surface area contributed by atoms with E-state index in [9.17, 15) is 4.79 Å². The number of unbranched alkanes of at least 4 members (excludes halogenated alkanes) is 1. The second-order valence-electron chi connectivity index (χ2n) is 5.74. The summed E-state index contributed by atoms with van der Waals surface area (Å²) in [5.74, 6) is -0.0782. The van der Waals surface area contributed by atoms with Gasteiger partial charge < -0.3 is 15.1 Å². The van der Waals surface area contributed by atoms with Crippen LogP contribution in [0.4, 0.5) is 0 Å². The third-order valence-electron chi connectivity index (χ3n) is 4.03. The average Bonchev–Trinajstić information content (AvgIpc) is 2.98. The maximum absolute atomic E-state index is 11.9. The molecule has 0 radical (unpaired) electrons. The van der Waals surface area contributed by atoms with Gasteiger partial charge in [0.05, 0.1) is 0 Å². The first kappa shape index (κ1) is 16.0. The number of rotatable bonds is 7. The fourth-order valence-electron chi connectivity index (χ4n) is 2.48. The van der Waals surface area contributed by atoms with Gasteiger partial charge in [0.2, 0.25) is 0 Å². The van der Waals surface area contributed by atoms with Crippen molar-refractivity contribution in [3.8, 4) is 0 Å². The molecule has 2 heterocycles. The minimum atomic E-state index is -0.0782. The maximum Gasteiger partial charge on any atom is 0.271 e. The topological polar surface area (TPSA) is 64.3 Å². The van der Waals surface area contributed by atoms with Crippen molar-refractivity contribution in [1.29, 1.82) is 0 Å². The molecule has 1 aliphatic heterocycles. The lowest BCUT2D eigenvalue weighted by Gasteiger charge is -2.32. The maximum atomic E-state index is 11.9. The third-order valence-corrected chi connectivity index (χ3v) is 4.03. The SMILES string of the molecule is CCc1cc(C(=O)NCCCCN2CCN(C)CC2)n[nH]1. The van der Waals surface area contributed by atoms with Gasteiger partial charge >= 0.3 is 0 Å². The van der Waals surface area contributed by atoms with Gasteiger partial charge in [0.15, 0.2) is 0 Å². The van der Waals surface area contributed by atoms with E-state index in [0.717, 1.165) is 64.2 Å². The van der Waals surface area contributed by atoms with E-state index >= 15 is 0 Å². The molecule has 1 aliphatic rings. The van der Waals surface area contributed by atoms with Crippen molar-refractivity contribution < 1.29 is 4.79 Å². The third kappa shape index (κ3) is 5.13. The van der Waals surface area contributed by atoms with Gasteiger partial charge in [-0.25, -0.2) is 0 Å². The zero-order chi connectivity index (χ0) is 15.1. The molecule has 6 nitrogen and oxygen atoms in total. The number of aromatic nitrogens is 2. The van der Waals surface area contributed by atoms with Crippen LogP contribution in [0.15, 0.2) is 6.07 Å². The quantitative estimate of drug-likeness (QED) is 0.728. The van der Waals surface area contributed by atoms with Gasteiger partial charge in [0.1, 0.15) is 5.69 Å². The van der Waals surface area contributed by atoms with Crippen LogP contribution in [-0.2, 0) is 6.42 Å². The molecule has 1 aromatic rings. The van der Waals surface area contributed by atoms with Gasteiger partial charge in [-0.2, -0.15) is 5.10 Å². The predicted octanol–water partition coefficient (Wildman–Crippen LogP) is 0.730. The van der Waals surface area contributed by atoms with Crippen molar-refractivity contribution in [2.45, 2.75) is 26.2 Å². The zero-order valence-electron chi connectivity index (χ0n) is 13.2. The van der Waals surface area contributed by atoms with Crippen LogP contribution in [0, 0.1) is 0 Å². The van der Waals surface area contributed by atoms with Gasteiger partial charge in [-0.15, -0.1) is 0 Å². The predicted molar refractivity (Wildman–Crippen MR) is 83.5 cm³/mol. The van der Waals surface area contributed by atoms with Gasteiger partial charge in [0.25, 0.3) is 5.91 Å². The number of aromatic amines is 1. The van der Waals surface area contributed by atoms with Gasteiger partial charge in [-0.3, -0.25) is 9.89 Å². The molecule has 2 rings (SSSR count). The van der Waals surface area contributed by atoms with E-state index in [1.54, 1.807) is 0 Å². The highest BCUT2D eigenvalue weighted by Gasteiger charge is 2.13. The Hall–Kier alpha value is -1.40. The van der Waals surface area contributed by atoms with Crippen LogP contribution >= 0.6 is 0 Å². The first-order valence-corrected chi connectivity index (χ1v) is 7.92. The highest BCUT2D eigenvalue weighted by Crippen LogP contribution is 2.02. The molecule has 0 spiro atoms. The van der Waals surface area contributed by atoms with Crippen LogP contribution in [0.3, 0.4) is 0 Å². The van der Waals surface area contributed by atoms with E-state index in [2.05, 4.69) is 32.4 Å². The Morgan fingerprint density at radius 3 is 2.76 bits per heavy atom. The number of hydrogen-bond donors (Lipinski definition) is 2. The monoisotopic (exact) mass is 293 g/mol. The Kier molecular flexibility index (Phi) is 6.20. The lowest BCUT2D eigenvalue weighted by molar-refractivity contribution is 0.0947. The van der Waals surface area contributed by atoms with Crippen LogP contribution in [0.1, 0.15) is 35.9 Å². The van der Waals surface area contributed by atoms with Crippen molar-refractivity contribution in [2.24, 2.45) is 0 Å². The number of nitrogens with zero attached hydrogens (tertiary/aromatic N) is 3. The first-order chi connectivity index (χ1) is 10.2. The van der Waals surface area contributed by atoms with E-state index in [4.69, 9.17) is 0 Å². The van der Waals surface area contributed by atoms with Crippen LogP contribution < -0.4 is 5.32 Å². The normalized spacial score (nSPS) is 17.0. The fraction of sp³-hybridized carbons (Fsp3) is 0.733. The summed E-state index contributed by atoms with van der Waals surface area (Å²) in [7, 11) is 2.17. The molecule has 1 fully saturated rings. The number of hydrogen-bond acceptors (Lipinski definition) is 4. The minimum absolute atomic E-state index is 0.0782. The molecule has 1 saturated heterocycles. The number of nitrogens with one attached hydrogen (secondary N) is 2. The van der Waals surface area contributed by atoms with Crippen LogP contribution in [0.2, 0.25) is 0 Å². The number of aryl methyl sites for hydroxylation is 1. The van der Waals surface area contributed by atoms with Crippen LogP contribution in [0.5, 0.6) is 0 Å². The molecule has 21 heavy (non-hydrogen) atoms. The average molecular weight is 293 g/mol. The largest absolute Gasteiger partial charge is 0.351 e. The molecule has 6 heteroatoms. The Bertz CT molecular complexity index is 437. The Labute approximate surface area is 126 Å². The van der Waals surface area contributed by atoms with Crippen LogP contribution in [-0.4, -0.2) is 72.2 Å². The summed E-state index contributed by atoms with van der Waals surface area (Å²) in [6, 6.07) is 1.82. The van der Waals surface area contributed by atoms with Crippen molar-refractivity contribution in [2.75, 3.05) is 46.3 Å². The Morgan fingerprint density at radius 1 is 1.33 bits per heavy atom. The number of likely N-dealkylation sites (N-methyl/N-ethyl adjacent to an activating group) is 1. The summed E-state index contributed by atoms with van der Waals surface area (Å²) < 4.78 is 0. The fourth-order valence-corrected chi connectivity index (χ4v) is 2.48. The number of carbonyl (C=O) groups is 1. The summed E-state index contributed by atoms with van der Waals surface area (Å²) in [6.45, 7) is 8.54. The zero-order valence-corrected chi connectivity index (χ0v) is 13.2. The summed E-state index contributed by atoms with van der Waals surface area (Å²) in [6.07, 6.45) is 3.01. The molecule has 0 bridgehead atoms.